The molecule has 6 nitrogen and oxygen atoms in total. The summed E-state index contributed by atoms with van der Waals surface area (Å²) in [5.41, 5.74) is 0.662. The van der Waals surface area contributed by atoms with Crippen molar-refractivity contribution in [3.8, 4) is 0 Å². The van der Waals surface area contributed by atoms with Crippen LogP contribution in [-0.4, -0.2) is 36.0 Å². The lowest BCUT2D eigenvalue weighted by Gasteiger charge is -2.36. The Balaban J connectivity index is 1.78. The molecule has 0 aliphatic carbocycles. The summed E-state index contributed by atoms with van der Waals surface area (Å²) in [5, 5.41) is 4.47. The van der Waals surface area contributed by atoms with Crippen LogP contribution >= 0.6 is 23.2 Å². The van der Waals surface area contributed by atoms with Crippen molar-refractivity contribution in [1.82, 2.24) is 14.4 Å². The third-order valence-electron chi connectivity index (χ3n) is 4.00. The number of benzene rings is 1. The van der Waals surface area contributed by atoms with Crippen LogP contribution in [0, 0.1) is 6.92 Å². The molecule has 3 rings (SSSR count). The minimum Gasteiger partial charge on any atom is -0.339 e. The van der Waals surface area contributed by atoms with Crippen molar-refractivity contribution in [3.05, 3.63) is 39.5 Å². The fourth-order valence-corrected chi connectivity index (χ4v) is 4.74. The first-order valence-electron chi connectivity index (χ1n) is 7.49. The second kappa shape index (κ2) is 6.29. The second-order valence-electron chi connectivity index (χ2n) is 6.20. The molecule has 0 saturated carbocycles. The number of hydrogen-bond donors (Lipinski definition) is 0. The maximum Gasteiger partial charge on any atom is 0.244 e. The molecule has 2 heterocycles. The summed E-state index contributed by atoms with van der Waals surface area (Å²) < 4.78 is 32.0. The molecule has 1 fully saturated rings. The van der Waals surface area contributed by atoms with Gasteiger partial charge in [-0.2, -0.15) is 9.29 Å². The van der Waals surface area contributed by atoms with Gasteiger partial charge in [0, 0.05) is 24.0 Å². The minimum atomic E-state index is -3.67. The maximum absolute atomic E-state index is 12.7. The third kappa shape index (κ3) is 3.06. The lowest BCUT2D eigenvalue weighted by atomic mass is 10.0. The van der Waals surface area contributed by atoms with E-state index in [2.05, 4.69) is 10.1 Å². The number of hydrogen-bond acceptors (Lipinski definition) is 5. The van der Waals surface area contributed by atoms with Gasteiger partial charge in [0.1, 0.15) is 4.90 Å². The van der Waals surface area contributed by atoms with Crippen molar-refractivity contribution < 1.29 is 12.9 Å². The van der Waals surface area contributed by atoms with Crippen molar-refractivity contribution in [3.63, 3.8) is 0 Å². The van der Waals surface area contributed by atoms with E-state index in [0.717, 1.165) is 0 Å². The monoisotopic (exact) mass is 389 g/mol. The lowest BCUT2D eigenvalue weighted by Crippen LogP contribution is -2.48. The highest BCUT2D eigenvalue weighted by atomic mass is 35.5. The number of sulfonamides is 1. The maximum atomic E-state index is 12.7. The zero-order valence-electron chi connectivity index (χ0n) is 13.5. The Kier molecular flexibility index (Phi) is 4.63. The normalized spacial score (nSPS) is 16.6. The summed E-state index contributed by atoms with van der Waals surface area (Å²) in [7, 11) is -3.67. The highest BCUT2D eigenvalue weighted by Gasteiger charge is 2.41. The average molecular weight is 390 g/mol. The van der Waals surface area contributed by atoms with Crippen LogP contribution in [0.15, 0.2) is 21.6 Å². The van der Waals surface area contributed by atoms with Crippen LogP contribution in [0.4, 0.5) is 0 Å². The molecule has 1 saturated heterocycles. The Bertz CT molecular complexity index is 874. The molecule has 0 bridgehead atoms. The van der Waals surface area contributed by atoms with Gasteiger partial charge in [-0.1, -0.05) is 42.2 Å². The molecule has 0 spiro atoms. The van der Waals surface area contributed by atoms with E-state index in [-0.39, 0.29) is 21.8 Å². The molecule has 130 valence electrons. The fraction of sp³-hybridized carbons (Fsp3) is 0.467. The topological polar surface area (TPSA) is 76.3 Å². The summed E-state index contributed by atoms with van der Waals surface area (Å²) in [6, 6.07) is 2.95. The first-order valence-corrected chi connectivity index (χ1v) is 9.69. The molecular formula is C15H17Cl2N3O3S. The Labute approximate surface area is 150 Å². The molecule has 1 aromatic heterocycles. The largest absolute Gasteiger partial charge is 0.339 e. The van der Waals surface area contributed by atoms with Gasteiger partial charge in [-0.25, -0.2) is 8.42 Å². The van der Waals surface area contributed by atoms with Gasteiger partial charge in [-0.05, 0) is 24.6 Å². The second-order valence-corrected chi connectivity index (χ2v) is 8.92. The zero-order valence-corrected chi connectivity index (χ0v) is 15.8. The number of nitrogens with zero attached hydrogens (tertiary/aromatic N) is 3. The Morgan fingerprint density at radius 3 is 2.50 bits per heavy atom. The molecule has 24 heavy (non-hydrogen) atoms. The molecule has 0 amide bonds. The molecule has 0 N–H and O–H groups in total. The van der Waals surface area contributed by atoms with Gasteiger partial charge >= 0.3 is 0 Å². The Hall–Kier alpha value is -1.15. The van der Waals surface area contributed by atoms with Crippen molar-refractivity contribution >= 4 is 33.2 Å². The first-order chi connectivity index (χ1) is 11.2. The number of aryl methyl sites for hydroxylation is 1. The van der Waals surface area contributed by atoms with Crippen LogP contribution in [0.1, 0.15) is 43.0 Å². The van der Waals surface area contributed by atoms with E-state index in [1.54, 1.807) is 6.92 Å². The van der Waals surface area contributed by atoms with Crippen molar-refractivity contribution in [1.29, 1.82) is 0 Å². The molecular weight excluding hydrogens is 373 g/mol. The molecule has 0 radical (unpaired) electrons. The van der Waals surface area contributed by atoms with E-state index in [4.69, 9.17) is 27.7 Å². The lowest BCUT2D eigenvalue weighted by molar-refractivity contribution is 0.216. The van der Waals surface area contributed by atoms with Crippen molar-refractivity contribution in [2.75, 3.05) is 13.1 Å². The highest BCUT2D eigenvalue weighted by molar-refractivity contribution is 7.89. The molecule has 1 aliphatic rings. The third-order valence-corrected chi connectivity index (χ3v) is 6.71. The van der Waals surface area contributed by atoms with Gasteiger partial charge in [0.25, 0.3) is 0 Å². The standard InChI is InChI=1S/C15H17Cl2N3O3S/c1-8(2)14-18-15(23-19-14)10-6-20(7-10)24(21,22)13-4-9(3)11(16)5-12(13)17/h4-5,8,10H,6-7H2,1-3H3. The molecule has 0 unspecified atom stereocenters. The number of aromatic nitrogens is 2. The average Bonchev–Trinajstić information content (AvgIpc) is 2.90. The van der Waals surface area contributed by atoms with Gasteiger partial charge in [-0.15, -0.1) is 0 Å². The SMILES string of the molecule is Cc1cc(S(=O)(=O)N2CC(c3nc(C(C)C)no3)C2)c(Cl)cc1Cl. The summed E-state index contributed by atoms with van der Waals surface area (Å²) in [6.07, 6.45) is 0. The van der Waals surface area contributed by atoms with Crippen LogP contribution in [-0.2, 0) is 10.0 Å². The van der Waals surface area contributed by atoms with Crippen LogP contribution in [0.3, 0.4) is 0 Å². The van der Waals surface area contributed by atoms with Crippen molar-refractivity contribution in [2.45, 2.75) is 37.5 Å². The van der Waals surface area contributed by atoms with Gasteiger partial charge in [0.15, 0.2) is 5.82 Å². The molecule has 0 atom stereocenters. The number of rotatable bonds is 4. The van der Waals surface area contributed by atoms with Gasteiger partial charge in [-0.3, -0.25) is 0 Å². The summed E-state index contributed by atoms with van der Waals surface area (Å²) >= 11 is 12.0. The van der Waals surface area contributed by atoms with Crippen LogP contribution in [0.2, 0.25) is 10.0 Å². The minimum absolute atomic E-state index is 0.0675. The van der Waals surface area contributed by atoms with Gasteiger partial charge in [0.05, 0.1) is 10.9 Å². The van der Waals surface area contributed by atoms with Crippen LogP contribution in [0.25, 0.3) is 0 Å². The van der Waals surface area contributed by atoms with Gasteiger partial charge < -0.3 is 4.52 Å². The zero-order chi connectivity index (χ0) is 17.6. The Morgan fingerprint density at radius 2 is 1.92 bits per heavy atom. The molecule has 1 aromatic carbocycles. The van der Waals surface area contributed by atoms with E-state index in [1.165, 1.54) is 16.4 Å². The highest BCUT2D eigenvalue weighted by Crippen LogP contribution is 2.35. The van der Waals surface area contributed by atoms with E-state index in [0.29, 0.717) is 35.4 Å². The summed E-state index contributed by atoms with van der Waals surface area (Å²) in [5.74, 6) is 1.18. The van der Waals surface area contributed by atoms with E-state index in [9.17, 15) is 8.42 Å². The smallest absolute Gasteiger partial charge is 0.244 e. The predicted octanol–water partition coefficient (Wildman–Crippen LogP) is 3.60. The van der Waals surface area contributed by atoms with E-state index in [1.807, 2.05) is 13.8 Å². The van der Waals surface area contributed by atoms with E-state index < -0.39 is 10.0 Å². The molecule has 1 aliphatic heterocycles. The molecule has 9 heteroatoms. The quantitative estimate of drug-likeness (QED) is 0.798. The van der Waals surface area contributed by atoms with Crippen LogP contribution < -0.4 is 0 Å². The Morgan fingerprint density at radius 1 is 1.25 bits per heavy atom. The number of halogens is 2. The van der Waals surface area contributed by atoms with Crippen molar-refractivity contribution in [2.24, 2.45) is 0 Å². The fourth-order valence-electron chi connectivity index (χ4n) is 2.41. The van der Waals surface area contributed by atoms with Crippen LogP contribution in [0.5, 0.6) is 0 Å². The van der Waals surface area contributed by atoms with Gasteiger partial charge in [0.2, 0.25) is 15.9 Å². The first kappa shape index (κ1) is 17.7. The summed E-state index contributed by atoms with van der Waals surface area (Å²) in [6.45, 7) is 6.26. The summed E-state index contributed by atoms with van der Waals surface area (Å²) in [4.78, 5) is 4.39. The van der Waals surface area contributed by atoms with E-state index >= 15 is 0 Å². The predicted molar refractivity (Wildman–Crippen MR) is 91.1 cm³/mol. The molecule has 2 aromatic rings.